The van der Waals surface area contributed by atoms with Gasteiger partial charge < -0.3 is 14.2 Å². The number of allylic oxidation sites excluding steroid dienone is 1. The number of hydrogen-bond acceptors (Lipinski definition) is 4. The van der Waals surface area contributed by atoms with E-state index in [1.54, 1.807) is 0 Å². The van der Waals surface area contributed by atoms with Gasteiger partial charge in [0, 0.05) is 31.8 Å². The van der Waals surface area contributed by atoms with Gasteiger partial charge in [-0.1, -0.05) is 37.3 Å². The molecule has 5 atom stereocenters. The molecule has 0 N–H and O–H groups in total. The van der Waals surface area contributed by atoms with Gasteiger partial charge in [-0.2, -0.15) is 0 Å². The third kappa shape index (κ3) is 3.01. The fraction of sp³-hybridized carbons (Fsp3) is 0.667. The summed E-state index contributed by atoms with van der Waals surface area (Å²) >= 11 is 0. The van der Waals surface area contributed by atoms with Gasteiger partial charge in [-0.05, 0) is 48.5 Å². The van der Waals surface area contributed by atoms with Crippen LogP contribution in [0.25, 0.3) is 0 Å². The Hall–Kier alpha value is -1.36. The molecular weight excluding hydrogens is 350 g/mol. The van der Waals surface area contributed by atoms with Gasteiger partial charge in [0.05, 0.1) is 19.3 Å². The molecule has 1 aromatic carbocycles. The number of morpholine rings is 1. The van der Waals surface area contributed by atoms with E-state index in [9.17, 15) is 0 Å². The van der Waals surface area contributed by atoms with Crippen molar-refractivity contribution >= 4 is 0 Å². The fourth-order valence-corrected chi connectivity index (χ4v) is 6.42. The SMILES string of the molecule is C=C1[C@@H]2C[C@@H]3[C@@H](c4ccccc4OCCN4CCOCC4)OCCC3(C2)[C@@H]1C. The van der Waals surface area contributed by atoms with Gasteiger partial charge in [0.2, 0.25) is 0 Å². The first kappa shape index (κ1) is 18.7. The maximum Gasteiger partial charge on any atom is 0.125 e. The molecule has 2 saturated carbocycles. The Balaban J connectivity index is 1.32. The molecule has 0 aromatic heterocycles. The number of hydrogen-bond donors (Lipinski definition) is 0. The van der Waals surface area contributed by atoms with E-state index in [4.69, 9.17) is 14.2 Å². The Morgan fingerprint density at radius 1 is 1.21 bits per heavy atom. The number of rotatable bonds is 5. The minimum Gasteiger partial charge on any atom is -0.492 e. The first-order valence-corrected chi connectivity index (χ1v) is 11.0. The third-order valence-corrected chi connectivity index (χ3v) is 8.07. The Morgan fingerprint density at radius 3 is 2.86 bits per heavy atom. The molecule has 1 aromatic rings. The molecule has 152 valence electrons. The van der Waals surface area contributed by atoms with E-state index < -0.39 is 0 Å². The summed E-state index contributed by atoms with van der Waals surface area (Å²) in [4.78, 5) is 2.42. The van der Waals surface area contributed by atoms with Crippen LogP contribution in [-0.4, -0.2) is 51.0 Å². The molecule has 2 aliphatic carbocycles. The van der Waals surface area contributed by atoms with Crippen LogP contribution in [0.3, 0.4) is 0 Å². The van der Waals surface area contributed by atoms with Crippen LogP contribution in [0, 0.1) is 23.2 Å². The van der Waals surface area contributed by atoms with Crippen molar-refractivity contribution in [3.63, 3.8) is 0 Å². The van der Waals surface area contributed by atoms with Crippen LogP contribution < -0.4 is 4.74 Å². The van der Waals surface area contributed by atoms with Gasteiger partial charge in [0.1, 0.15) is 12.4 Å². The molecule has 2 heterocycles. The molecule has 0 radical (unpaired) electrons. The second-order valence-corrected chi connectivity index (χ2v) is 9.15. The van der Waals surface area contributed by atoms with Gasteiger partial charge in [-0.3, -0.25) is 4.90 Å². The number of fused-ring (bicyclic) bond motifs is 1. The smallest absolute Gasteiger partial charge is 0.125 e. The molecule has 1 spiro atoms. The van der Waals surface area contributed by atoms with Crippen molar-refractivity contribution in [1.29, 1.82) is 0 Å². The first-order chi connectivity index (χ1) is 13.7. The molecule has 0 amide bonds. The molecule has 2 aliphatic heterocycles. The minimum absolute atomic E-state index is 0.161. The van der Waals surface area contributed by atoms with E-state index in [1.807, 2.05) is 0 Å². The zero-order valence-electron chi connectivity index (χ0n) is 17.1. The number of nitrogens with zero attached hydrogens (tertiary/aromatic N) is 1. The van der Waals surface area contributed by atoms with Crippen LogP contribution in [-0.2, 0) is 9.47 Å². The lowest BCUT2D eigenvalue weighted by Crippen LogP contribution is -2.42. The standard InChI is InChI=1S/C24H33NO3/c1-17-18(2)24-7-11-28-23(21(24)15-19(17)16-24)20-5-3-4-6-22(20)27-14-10-25-8-12-26-13-9-25/h3-6,18-19,21,23H,1,7-16H2,2H3/t18-,19-,21-,23-,24?/m1/s1. The average Bonchev–Trinajstić information content (AvgIpc) is 3.24. The zero-order chi connectivity index (χ0) is 19.1. The Bertz CT molecular complexity index is 728. The lowest BCUT2D eigenvalue weighted by Gasteiger charge is -2.48. The molecule has 1 unspecified atom stereocenters. The molecule has 4 aliphatic rings. The van der Waals surface area contributed by atoms with Crippen molar-refractivity contribution in [3.05, 3.63) is 42.0 Å². The molecule has 4 nitrogen and oxygen atoms in total. The van der Waals surface area contributed by atoms with Gasteiger partial charge in [0.15, 0.2) is 0 Å². The summed E-state index contributed by atoms with van der Waals surface area (Å²) in [6, 6.07) is 8.55. The van der Waals surface area contributed by atoms with Crippen molar-refractivity contribution < 1.29 is 14.2 Å². The summed E-state index contributed by atoms with van der Waals surface area (Å²) in [5.74, 6) is 2.92. The second kappa shape index (κ2) is 7.47. The summed E-state index contributed by atoms with van der Waals surface area (Å²) in [6.07, 6.45) is 3.90. The monoisotopic (exact) mass is 383 g/mol. The summed E-state index contributed by atoms with van der Waals surface area (Å²) in [7, 11) is 0. The number of benzene rings is 1. The number of para-hydroxylation sites is 1. The summed E-state index contributed by atoms with van der Waals surface area (Å²) in [6.45, 7) is 13.0. The summed E-state index contributed by atoms with van der Waals surface area (Å²) < 4.78 is 18.1. The predicted octanol–water partition coefficient (Wildman–Crippen LogP) is 4.08. The average molecular weight is 384 g/mol. The second-order valence-electron chi connectivity index (χ2n) is 9.15. The first-order valence-electron chi connectivity index (χ1n) is 11.0. The molecule has 4 fully saturated rings. The van der Waals surface area contributed by atoms with Crippen LogP contribution in [0.5, 0.6) is 5.75 Å². The van der Waals surface area contributed by atoms with Crippen molar-refractivity contribution in [2.24, 2.45) is 23.2 Å². The van der Waals surface area contributed by atoms with E-state index in [2.05, 4.69) is 42.7 Å². The molecule has 2 bridgehead atoms. The van der Waals surface area contributed by atoms with Crippen molar-refractivity contribution in [3.8, 4) is 5.75 Å². The Morgan fingerprint density at radius 2 is 2.04 bits per heavy atom. The van der Waals surface area contributed by atoms with Crippen molar-refractivity contribution in [1.82, 2.24) is 4.90 Å². The Kier molecular flexibility index (Phi) is 4.98. The number of ether oxygens (including phenoxy) is 3. The van der Waals surface area contributed by atoms with Gasteiger partial charge in [-0.15, -0.1) is 0 Å². The topological polar surface area (TPSA) is 30.9 Å². The highest BCUT2D eigenvalue weighted by atomic mass is 16.5. The van der Waals surface area contributed by atoms with E-state index in [-0.39, 0.29) is 6.10 Å². The fourth-order valence-electron chi connectivity index (χ4n) is 6.42. The van der Waals surface area contributed by atoms with E-state index >= 15 is 0 Å². The molecule has 5 rings (SSSR count). The highest BCUT2D eigenvalue weighted by Gasteiger charge is 2.61. The van der Waals surface area contributed by atoms with Crippen molar-refractivity contribution in [2.75, 3.05) is 46.1 Å². The van der Waals surface area contributed by atoms with Crippen LogP contribution >= 0.6 is 0 Å². The van der Waals surface area contributed by atoms with Crippen LogP contribution in [0.2, 0.25) is 0 Å². The summed E-state index contributed by atoms with van der Waals surface area (Å²) in [5, 5.41) is 0. The van der Waals surface area contributed by atoms with Crippen LogP contribution in [0.15, 0.2) is 36.4 Å². The zero-order valence-corrected chi connectivity index (χ0v) is 17.1. The van der Waals surface area contributed by atoms with E-state index in [1.165, 1.54) is 30.4 Å². The van der Waals surface area contributed by atoms with E-state index in [0.717, 1.165) is 51.8 Å². The highest BCUT2D eigenvalue weighted by Crippen LogP contribution is 2.69. The molecule has 4 heteroatoms. The van der Waals surface area contributed by atoms with Crippen LogP contribution in [0.4, 0.5) is 0 Å². The Labute approximate surface area is 168 Å². The third-order valence-electron chi connectivity index (χ3n) is 8.07. The molecule has 28 heavy (non-hydrogen) atoms. The van der Waals surface area contributed by atoms with Crippen molar-refractivity contribution in [2.45, 2.75) is 32.3 Å². The lowest BCUT2D eigenvalue weighted by molar-refractivity contribution is -0.107. The maximum atomic E-state index is 6.41. The predicted molar refractivity (Wildman–Crippen MR) is 109 cm³/mol. The summed E-state index contributed by atoms with van der Waals surface area (Å²) in [5.41, 5.74) is 3.14. The van der Waals surface area contributed by atoms with E-state index in [0.29, 0.717) is 23.2 Å². The van der Waals surface area contributed by atoms with Gasteiger partial charge >= 0.3 is 0 Å². The lowest BCUT2D eigenvalue weighted by atomic mass is 9.62. The largest absolute Gasteiger partial charge is 0.492 e. The minimum atomic E-state index is 0.161. The quantitative estimate of drug-likeness (QED) is 0.717. The highest BCUT2D eigenvalue weighted by molar-refractivity contribution is 5.38. The van der Waals surface area contributed by atoms with Gasteiger partial charge in [0.25, 0.3) is 0 Å². The van der Waals surface area contributed by atoms with Gasteiger partial charge in [-0.25, -0.2) is 0 Å². The molecule has 2 saturated heterocycles. The maximum absolute atomic E-state index is 6.41. The van der Waals surface area contributed by atoms with Crippen LogP contribution in [0.1, 0.15) is 37.9 Å². The normalized spacial score (nSPS) is 37.8. The molecular formula is C24H33NO3.